The van der Waals surface area contributed by atoms with E-state index in [9.17, 15) is 19.4 Å². The summed E-state index contributed by atoms with van der Waals surface area (Å²) in [4.78, 5) is 22.5. The first-order chi connectivity index (χ1) is 24.3. The van der Waals surface area contributed by atoms with E-state index in [0.29, 0.717) is 6.61 Å². The Morgan fingerprint density at radius 1 is 0.620 bits per heavy atom. The first-order valence-corrected chi connectivity index (χ1v) is 21.8. The fourth-order valence-electron chi connectivity index (χ4n) is 5.50. The first kappa shape index (κ1) is 48.9. The second-order valence-corrected chi connectivity index (χ2v) is 15.1. The van der Waals surface area contributed by atoms with E-state index >= 15 is 0 Å². The molecule has 0 radical (unpaired) electrons. The van der Waals surface area contributed by atoms with Gasteiger partial charge in [-0.2, -0.15) is 0 Å². The number of hydrogen-bond donors (Lipinski definition) is 3. The van der Waals surface area contributed by atoms with Crippen LogP contribution in [0.3, 0.4) is 0 Å². The van der Waals surface area contributed by atoms with Gasteiger partial charge in [0.2, 0.25) is 0 Å². The number of carbonyl (C=O) groups excluding carboxylic acids is 1. The van der Waals surface area contributed by atoms with Gasteiger partial charge in [-0.05, 0) is 44.9 Å². The molecule has 10 heteroatoms. The van der Waals surface area contributed by atoms with Crippen molar-refractivity contribution in [2.24, 2.45) is 0 Å². The molecule has 0 spiro atoms. The van der Waals surface area contributed by atoms with Crippen molar-refractivity contribution in [2.75, 3.05) is 33.0 Å². The van der Waals surface area contributed by atoms with Crippen molar-refractivity contribution in [2.45, 2.75) is 193 Å². The molecule has 0 heterocycles. The van der Waals surface area contributed by atoms with Gasteiger partial charge >= 0.3 is 13.8 Å². The van der Waals surface area contributed by atoms with Crippen LogP contribution in [0.25, 0.3) is 0 Å². The largest absolute Gasteiger partial charge is 0.472 e. The number of phosphoric ester groups is 1. The molecule has 0 aliphatic carbocycles. The molecule has 0 aliphatic heterocycles. The number of rotatable bonds is 39. The minimum atomic E-state index is -4.51. The highest BCUT2D eigenvalue weighted by Gasteiger charge is 2.26. The highest BCUT2D eigenvalue weighted by Crippen LogP contribution is 2.43. The molecule has 0 saturated heterocycles. The monoisotopic (exact) mass is 733 g/mol. The third-order valence-corrected chi connectivity index (χ3v) is 9.59. The third-order valence-electron chi connectivity index (χ3n) is 8.64. The number of allylic oxidation sites excluding steroid dienone is 4. The maximum Gasteiger partial charge on any atom is 0.472 e. The van der Waals surface area contributed by atoms with Crippen LogP contribution < -0.4 is 0 Å². The summed E-state index contributed by atoms with van der Waals surface area (Å²) >= 11 is 0. The van der Waals surface area contributed by atoms with Crippen LogP contribution in [0, 0.1) is 0 Å². The highest BCUT2D eigenvalue weighted by molar-refractivity contribution is 7.47. The Morgan fingerprint density at radius 2 is 1.08 bits per heavy atom. The van der Waals surface area contributed by atoms with Crippen molar-refractivity contribution in [3.05, 3.63) is 24.3 Å². The van der Waals surface area contributed by atoms with E-state index in [1.165, 1.54) is 116 Å². The first-order valence-electron chi connectivity index (χ1n) is 20.3. The topological polar surface area (TPSA) is 132 Å². The molecule has 0 aromatic rings. The van der Waals surface area contributed by atoms with E-state index < -0.39 is 33.2 Å². The standard InChI is InChI=1S/C40H77O9P/c1-3-5-7-9-11-13-14-15-16-17-18-19-20-21-22-23-24-25-26-28-30-32-40(43)49-39(37-48-50(44,45)47-35-38(42)34-41)36-46-33-31-29-27-12-10-8-6-4-2/h14-15,17-18,38-39,41-42H,3-13,16,19-37H2,1-2H3,(H,44,45)/b15-14-,18-17-. The number of ether oxygens (including phenoxy) is 2. The van der Waals surface area contributed by atoms with Gasteiger partial charge in [-0.1, -0.05) is 154 Å². The quantitative estimate of drug-likeness (QED) is 0.0244. The minimum Gasteiger partial charge on any atom is -0.457 e. The average molecular weight is 733 g/mol. The zero-order valence-corrected chi connectivity index (χ0v) is 33.0. The summed E-state index contributed by atoms with van der Waals surface area (Å²) in [6.45, 7) is 3.48. The molecule has 0 bridgehead atoms. The van der Waals surface area contributed by atoms with Gasteiger partial charge in [0.05, 0.1) is 26.4 Å². The van der Waals surface area contributed by atoms with Gasteiger partial charge in [-0.25, -0.2) is 4.57 Å². The zero-order chi connectivity index (χ0) is 36.8. The second-order valence-electron chi connectivity index (χ2n) is 13.7. The molecule has 3 unspecified atom stereocenters. The third kappa shape index (κ3) is 36.7. The van der Waals surface area contributed by atoms with Crippen LogP contribution in [0.4, 0.5) is 0 Å². The summed E-state index contributed by atoms with van der Waals surface area (Å²) in [6.07, 6.45) is 37.2. The molecule has 3 N–H and O–H groups in total. The van der Waals surface area contributed by atoms with Crippen LogP contribution in [0.5, 0.6) is 0 Å². The highest BCUT2D eigenvalue weighted by atomic mass is 31.2. The molecule has 0 rings (SSSR count). The molecule has 50 heavy (non-hydrogen) atoms. The van der Waals surface area contributed by atoms with E-state index in [4.69, 9.17) is 23.6 Å². The predicted octanol–water partition coefficient (Wildman–Crippen LogP) is 10.7. The van der Waals surface area contributed by atoms with Crippen molar-refractivity contribution in [3.8, 4) is 0 Å². The van der Waals surface area contributed by atoms with Crippen LogP contribution in [0.2, 0.25) is 0 Å². The lowest BCUT2D eigenvalue weighted by Crippen LogP contribution is -2.29. The van der Waals surface area contributed by atoms with Crippen molar-refractivity contribution in [3.63, 3.8) is 0 Å². The number of aliphatic hydroxyl groups is 2. The molecule has 0 saturated carbocycles. The van der Waals surface area contributed by atoms with E-state index in [0.717, 1.165) is 44.9 Å². The summed E-state index contributed by atoms with van der Waals surface area (Å²) in [7, 11) is -4.51. The molecule has 0 amide bonds. The number of hydrogen-bond acceptors (Lipinski definition) is 8. The van der Waals surface area contributed by atoms with E-state index in [1.54, 1.807) is 0 Å². The fraction of sp³-hybridized carbons (Fsp3) is 0.875. The predicted molar refractivity (Wildman–Crippen MR) is 205 cm³/mol. The van der Waals surface area contributed by atoms with E-state index in [-0.39, 0.29) is 25.6 Å². The average Bonchev–Trinajstić information content (AvgIpc) is 3.10. The Bertz CT molecular complexity index is 836. The lowest BCUT2D eigenvalue weighted by atomic mass is 10.1. The molecular weight excluding hydrogens is 655 g/mol. The number of unbranched alkanes of at least 4 members (excludes halogenated alkanes) is 21. The SMILES string of the molecule is CCCCCCC/C=C\C/C=C\CCCCCCCCCCCC(=O)OC(COCCCCCCCCCC)COP(=O)(O)OCC(O)CO. The van der Waals surface area contributed by atoms with Gasteiger partial charge in [-0.15, -0.1) is 0 Å². The molecule has 3 atom stereocenters. The Kier molecular flexibility index (Phi) is 36.9. The molecule has 0 aromatic heterocycles. The zero-order valence-electron chi connectivity index (χ0n) is 32.1. The second kappa shape index (κ2) is 37.7. The number of esters is 1. The summed E-state index contributed by atoms with van der Waals surface area (Å²) in [6, 6.07) is 0. The smallest absolute Gasteiger partial charge is 0.457 e. The van der Waals surface area contributed by atoms with Gasteiger partial charge in [0.15, 0.2) is 0 Å². The molecule has 0 fully saturated rings. The van der Waals surface area contributed by atoms with Gasteiger partial charge < -0.3 is 24.6 Å². The Morgan fingerprint density at radius 3 is 1.60 bits per heavy atom. The molecule has 0 aromatic carbocycles. The maximum atomic E-state index is 12.5. The summed E-state index contributed by atoms with van der Waals surface area (Å²) < 4.78 is 33.2. The van der Waals surface area contributed by atoms with E-state index in [1.807, 2.05) is 0 Å². The van der Waals surface area contributed by atoms with Crippen molar-refractivity contribution in [1.82, 2.24) is 0 Å². The van der Waals surface area contributed by atoms with Gasteiger partial charge in [-0.3, -0.25) is 13.8 Å². The van der Waals surface area contributed by atoms with Crippen molar-refractivity contribution >= 4 is 13.8 Å². The fourth-order valence-corrected chi connectivity index (χ4v) is 6.29. The molecule has 296 valence electrons. The Labute approximate surface area is 306 Å². The summed E-state index contributed by atoms with van der Waals surface area (Å²) in [5, 5.41) is 18.3. The molecule has 9 nitrogen and oxygen atoms in total. The normalized spacial score (nSPS) is 14.4. The van der Waals surface area contributed by atoms with Crippen molar-refractivity contribution in [1.29, 1.82) is 0 Å². The summed E-state index contributed by atoms with van der Waals surface area (Å²) in [5.41, 5.74) is 0. The Hall–Kier alpha value is -1.06. The van der Waals surface area contributed by atoms with Crippen LogP contribution in [-0.2, 0) is 27.9 Å². The Balaban J connectivity index is 4.08. The van der Waals surface area contributed by atoms with Crippen molar-refractivity contribution < 1.29 is 43.0 Å². The van der Waals surface area contributed by atoms with Crippen LogP contribution in [-0.4, -0.2) is 66.3 Å². The maximum absolute atomic E-state index is 12.5. The van der Waals surface area contributed by atoms with Crippen LogP contribution in [0.15, 0.2) is 24.3 Å². The van der Waals surface area contributed by atoms with Gasteiger partial charge in [0.1, 0.15) is 12.2 Å². The number of carbonyl (C=O) groups is 1. The number of aliphatic hydroxyl groups excluding tert-OH is 2. The lowest BCUT2D eigenvalue weighted by molar-refractivity contribution is -0.154. The molecule has 0 aliphatic rings. The molecular formula is C40H77O9P. The van der Waals surface area contributed by atoms with Crippen LogP contribution >= 0.6 is 7.82 Å². The number of phosphoric acid groups is 1. The van der Waals surface area contributed by atoms with Crippen LogP contribution in [0.1, 0.15) is 181 Å². The minimum absolute atomic E-state index is 0.0500. The van der Waals surface area contributed by atoms with E-state index in [2.05, 4.69) is 38.2 Å². The lowest BCUT2D eigenvalue weighted by Gasteiger charge is -2.20. The van der Waals surface area contributed by atoms with Gasteiger partial charge in [0, 0.05) is 13.0 Å². The summed E-state index contributed by atoms with van der Waals surface area (Å²) in [5.74, 6) is -0.387. The van der Waals surface area contributed by atoms with Gasteiger partial charge in [0.25, 0.3) is 0 Å².